The van der Waals surface area contributed by atoms with Crippen LogP contribution >= 0.6 is 0 Å². The van der Waals surface area contributed by atoms with Crippen molar-refractivity contribution in [3.8, 4) is 0 Å². The van der Waals surface area contributed by atoms with Gasteiger partial charge in [0.05, 0.1) is 5.92 Å². The summed E-state index contributed by atoms with van der Waals surface area (Å²) >= 11 is 0. The van der Waals surface area contributed by atoms with E-state index in [1.165, 1.54) is 0 Å². The van der Waals surface area contributed by atoms with Gasteiger partial charge >= 0.3 is 12.0 Å². The molecule has 1 aromatic rings. The molecule has 0 aromatic heterocycles. The highest BCUT2D eigenvalue weighted by Crippen LogP contribution is 2.15. The number of hydrogen-bond donors (Lipinski definition) is 3. The molecule has 1 rings (SSSR count). The van der Waals surface area contributed by atoms with Crippen LogP contribution in [0.25, 0.3) is 0 Å². The van der Waals surface area contributed by atoms with Crippen LogP contribution in [0.5, 0.6) is 0 Å². The number of benzene rings is 1. The number of urea groups is 1. The lowest BCUT2D eigenvalue weighted by atomic mass is 10.1. The number of carboxylic acids is 1. The zero-order valence-corrected chi connectivity index (χ0v) is 12.0. The molecular formula is C14H21N3O3. The van der Waals surface area contributed by atoms with Crippen molar-refractivity contribution in [2.45, 2.75) is 13.3 Å². The number of aliphatic carboxylic acids is 1. The van der Waals surface area contributed by atoms with Gasteiger partial charge in [-0.2, -0.15) is 0 Å². The molecule has 0 radical (unpaired) electrons. The van der Waals surface area contributed by atoms with E-state index < -0.39 is 11.9 Å². The van der Waals surface area contributed by atoms with E-state index >= 15 is 0 Å². The molecule has 2 amide bonds. The Labute approximate surface area is 118 Å². The molecule has 0 saturated heterocycles. The highest BCUT2D eigenvalue weighted by Gasteiger charge is 2.10. The Bertz CT molecular complexity index is 457. The van der Waals surface area contributed by atoms with Crippen LogP contribution < -0.4 is 15.5 Å². The molecular weight excluding hydrogens is 258 g/mol. The topological polar surface area (TPSA) is 81.7 Å². The Kier molecular flexibility index (Phi) is 5.83. The van der Waals surface area contributed by atoms with Gasteiger partial charge < -0.3 is 20.6 Å². The van der Waals surface area contributed by atoms with E-state index in [2.05, 4.69) is 10.6 Å². The number of carboxylic acid groups (broad SMARTS) is 1. The number of hydrogen-bond acceptors (Lipinski definition) is 3. The highest BCUT2D eigenvalue weighted by molar-refractivity contribution is 5.89. The zero-order valence-electron chi connectivity index (χ0n) is 12.0. The Balaban J connectivity index is 2.37. The van der Waals surface area contributed by atoms with Crippen molar-refractivity contribution in [1.29, 1.82) is 0 Å². The maximum atomic E-state index is 11.6. The average Bonchev–Trinajstić information content (AvgIpc) is 2.39. The van der Waals surface area contributed by atoms with Crippen molar-refractivity contribution in [2.75, 3.05) is 30.9 Å². The summed E-state index contributed by atoms with van der Waals surface area (Å²) in [4.78, 5) is 24.2. The first kappa shape index (κ1) is 15.8. The van der Waals surface area contributed by atoms with Crippen LogP contribution in [0.15, 0.2) is 24.3 Å². The molecule has 6 nitrogen and oxygen atoms in total. The van der Waals surface area contributed by atoms with E-state index in [9.17, 15) is 9.59 Å². The van der Waals surface area contributed by atoms with Crippen molar-refractivity contribution in [1.82, 2.24) is 5.32 Å². The largest absolute Gasteiger partial charge is 0.481 e. The fourth-order valence-corrected chi connectivity index (χ4v) is 1.54. The first-order valence-corrected chi connectivity index (χ1v) is 6.45. The second-order valence-corrected chi connectivity index (χ2v) is 4.85. The maximum Gasteiger partial charge on any atom is 0.319 e. The minimum absolute atomic E-state index is 0.328. The second-order valence-electron chi connectivity index (χ2n) is 4.85. The average molecular weight is 279 g/mol. The molecule has 3 N–H and O–H groups in total. The van der Waals surface area contributed by atoms with Gasteiger partial charge in [-0.1, -0.05) is 6.92 Å². The second kappa shape index (κ2) is 7.37. The maximum absolute atomic E-state index is 11.6. The smallest absolute Gasteiger partial charge is 0.319 e. The van der Waals surface area contributed by atoms with Gasteiger partial charge in [0, 0.05) is 32.0 Å². The first-order valence-electron chi connectivity index (χ1n) is 6.45. The molecule has 0 fully saturated rings. The molecule has 6 heteroatoms. The summed E-state index contributed by atoms with van der Waals surface area (Å²) in [5, 5.41) is 14.0. The Morgan fingerprint density at radius 2 is 1.85 bits per heavy atom. The summed E-state index contributed by atoms with van der Waals surface area (Å²) in [7, 11) is 3.89. The number of carbonyl (C=O) groups is 2. The van der Waals surface area contributed by atoms with Crippen molar-refractivity contribution in [3.63, 3.8) is 0 Å². The Hall–Kier alpha value is -2.24. The molecule has 20 heavy (non-hydrogen) atoms. The molecule has 0 saturated carbocycles. The number of nitrogens with zero attached hydrogens (tertiary/aromatic N) is 1. The van der Waals surface area contributed by atoms with Crippen LogP contribution in [0.2, 0.25) is 0 Å². The van der Waals surface area contributed by atoms with Gasteiger partial charge in [0.2, 0.25) is 0 Å². The summed E-state index contributed by atoms with van der Waals surface area (Å²) in [6.45, 7) is 1.94. The summed E-state index contributed by atoms with van der Waals surface area (Å²) < 4.78 is 0. The fourth-order valence-electron chi connectivity index (χ4n) is 1.54. The van der Waals surface area contributed by atoms with Gasteiger partial charge in [-0.05, 0) is 30.7 Å². The third-order valence-electron chi connectivity index (χ3n) is 2.93. The fraction of sp³-hybridized carbons (Fsp3) is 0.429. The zero-order chi connectivity index (χ0) is 15.1. The molecule has 1 unspecified atom stereocenters. The summed E-state index contributed by atoms with van der Waals surface area (Å²) in [6.07, 6.45) is 0.405. The lowest BCUT2D eigenvalue weighted by molar-refractivity contribution is -0.141. The van der Waals surface area contributed by atoms with Gasteiger partial charge in [0.1, 0.15) is 0 Å². The normalized spacial score (nSPS) is 11.6. The van der Waals surface area contributed by atoms with Gasteiger partial charge in [-0.3, -0.25) is 4.79 Å². The molecule has 0 aliphatic carbocycles. The number of rotatable bonds is 6. The monoisotopic (exact) mass is 279 g/mol. The number of amides is 2. The number of nitrogens with one attached hydrogen (secondary N) is 2. The highest BCUT2D eigenvalue weighted by atomic mass is 16.4. The van der Waals surface area contributed by atoms with Crippen molar-refractivity contribution in [2.24, 2.45) is 5.92 Å². The Morgan fingerprint density at radius 1 is 1.25 bits per heavy atom. The van der Waals surface area contributed by atoms with E-state index in [0.717, 1.165) is 5.69 Å². The van der Waals surface area contributed by atoms with Crippen molar-refractivity contribution < 1.29 is 14.7 Å². The molecule has 0 aliphatic heterocycles. The van der Waals surface area contributed by atoms with Crippen LogP contribution in [-0.2, 0) is 4.79 Å². The van der Waals surface area contributed by atoms with E-state index in [1.807, 2.05) is 43.3 Å². The molecule has 110 valence electrons. The SMILES string of the molecule is CC(CCNC(=O)Nc1ccc(N(C)C)cc1)C(=O)O. The number of anilines is 2. The van der Waals surface area contributed by atoms with E-state index in [1.54, 1.807) is 6.92 Å². The van der Waals surface area contributed by atoms with Gasteiger partial charge in [0.25, 0.3) is 0 Å². The number of carbonyl (C=O) groups excluding carboxylic acids is 1. The van der Waals surface area contributed by atoms with Crippen LogP contribution in [-0.4, -0.2) is 37.7 Å². The molecule has 0 spiro atoms. The summed E-state index contributed by atoms with van der Waals surface area (Å²) in [6, 6.07) is 7.11. The van der Waals surface area contributed by atoms with E-state index in [4.69, 9.17) is 5.11 Å². The van der Waals surface area contributed by atoms with Crippen molar-refractivity contribution >= 4 is 23.4 Å². The lowest BCUT2D eigenvalue weighted by Gasteiger charge is -2.13. The minimum atomic E-state index is -0.855. The molecule has 0 aliphatic rings. The quantitative estimate of drug-likeness (QED) is 0.743. The summed E-state index contributed by atoms with van der Waals surface area (Å²) in [5.41, 5.74) is 1.74. The summed E-state index contributed by atoms with van der Waals surface area (Å²) in [5.74, 6) is -1.32. The third-order valence-corrected chi connectivity index (χ3v) is 2.93. The van der Waals surface area contributed by atoms with Gasteiger partial charge in [-0.25, -0.2) is 4.79 Å². The van der Waals surface area contributed by atoms with Crippen LogP contribution in [0.3, 0.4) is 0 Å². The molecule has 1 aromatic carbocycles. The predicted octanol–water partition coefficient (Wildman–Crippen LogP) is 1.98. The van der Waals surface area contributed by atoms with Crippen LogP contribution in [0.1, 0.15) is 13.3 Å². The first-order chi connectivity index (χ1) is 9.40. The predicted molar refractivity (Wildman–Crippen MR) is 79.2 cm³/mol. The third kappa shape index (κ3) is 5.17. The minimum Gasteiger partial charge on any atom is -0.481 e. The molecule has 1 atom stereocenters. The van der Waals surface area contributed by atoms with E-state index in [0.29, 0.717) is 18.7 Å². The Morgan fingerprint density at radius 3 is 2.35 bits per heavy atom. The standard InChI is InChI=1S/C14H21N3O3/c1-10(13(18)19)8-9-15-14(20)16-11-4-6-12(7-5-11)17(2)3/h4-7,10H,8-9H2,1-3H3,(H,18,19)(H2,15,16,20). The van der Waals surface area contributed by atoms with E-state index in [-0.39, 0.29) is 6.03 Å². The lowest BCUT2D eigenvalue weighted by Crippen LogP contribution is -2.31. The van der Waals surface area contributed by atoms with Crippen molar-refractivity contribution in [3.05, 3.63) is 24.3 Å². The molecule has 0 heterocycles. The van der Waals surface area contributed by atoms with Gasteiger partial charge in [-0.15, -0.1) is 0 Å². The van der Waals surface area contributed by atoms with Crippen LogP contribution in [0, 0.1) is 5.92 Å². The molecule has 0 bridgehead atoms. The van der Waals surface area contributed by atoms with Crippen LogP contribution in [0.4, 0.5) is 16.2 Å². The van der Waals surface area contributed by atoms with Gasteiger partial charge in [0.15, 0.2) is 0 Å².